The number of ether oxygens (including phenoxy) is 2. The van der Waals surface area contributed by atoms with Gasteiger partial charge in [-0.3, -0.25) is 0 Å². The van der Waals surface area contributed by atoms with E-state index < -0.39 is 0 Å². The minimum atomic E-state index is 0.190. The lowest BCUT2D eigenvalue weighted by molar-refractivity contribution is 0.265. The van der Waals surface area contributed by atoms with E-state index >= 15 is 0 Å². The summed E-state index contributed by atoms with van der Waals surface area (Å²) >= 11 is 0. The lowest BCUT2D eigenvalue weighted by Crippen LogP contribution is -2.09. The number of hydrogen-bond acceptors (Lipinski definition) is 6. The van der Waals surface area contributed by atoms with Gasteiger partial charge in [0.05, 0.1) is 13.2 Å². The Labute approximate surface area is 155 Å². The standard InChI is InChI=1S/C20H28N2O4/c1-21(2)15-9-17(23)13-19(11-15)25-7-5-6-8-26-20-12-16(22(3)4)10-18(24)14-20/h9-14,23-24H,5-8H2,1-4H3. The number of anilines is 2. The Bertz CT molecular complexity index is 655. The Morgan fingerprint density at radius 2 is 1.04 bits per heavy atom. The number of rotatable bonds is 9. The van der Waals surface area contributed by atoms with Gasteiger partial charge in [0.1, 0.15) is 23.0 Å². The average molecular weight is 360 g/mol. The molecule has 0 unspecified atom stereocenters. The second kappa shape index (κ2) is 9.08. The van der Waals surface area contributed by atoms with Crippen molar-refractivity contribution in [3.05, 3.63) is 36.4 Å². The maximum Gasteiger partial charge on any atom is 0.125 e. The molecule has 0 saturated heterocycles. The lowest BCUT2D eigenvalue weighted by Gasteiger charge is -2.15. The van der Waals surface area contributed by atoms with E-state index in [0.29, 0.717) is 24.7 Å². The number of aromatic hydroxyl groups is 2. The third-order valence-corrected chi connectivity index (χ3v) is 3.86. The van der Waals surface area contributed by atoms with Crippen LogP contribution in [0, 0.1) is 0 Å². The first kappa shape index (κ1) is 19.6. The molecule has 6 heteroatoms. The van der Waals surface area contributed by atoms with Crippen LogP contribution in [0.1, 0.15) is 12.8 Å². The van der Waals surface area contributed by atoms with Gasteiger partial charge in [-0.05, 0) is 12.8 Å². The molecular formula is C20H28N2O4. The van der Waals surface area contributed by atoms with Gasteiger partial charge in [-0.25, -0.2) is 0 Å². The number of benzene rings is 2. The minimum Gasteiger partial charge on any atom is -0.508 e. The molecule has 2 aromatic rings. The second-order valence-corrected chi connectivity index (χ2v) is 6.56. The largest absolute Gasteiger partial charge is 0.508 e. The van der Waals surface area contributed by atoms with E-state index in [2.05, 4.69) is 0 Å². The van der Waals surface area contributed by atoms with E-state index in [-0.39, 0.29) is 11.5 Å². The summed E-state index contributed by atoms with van der Waals surface area (Å²) in [6.07, 6.45) is 1.65. The Morgan fingerprint density at radius 3 is 1.38 bits per heavy atom. The Morgan fingerprint density at radius 1 is 0.654 bits per heavy atom. The fourth-order valence-corrected chi connectivity index (χ4v) is 2.40. The van der Waals surface area contributed by atoms with Crippen LogP contribution >= 0.6 is 0 Å². The third-order valence-electron chi connectivity index (χ3n) is 3.86. The van der Waals surface area contributed by atoms with Crippen LogP contribution in [0.2, 0.25) is 0 Å². The molecule has 0 radical (unpaired) electrons. The molecule has 26 heavy (non-hydrogen) atoms. The van der Waals surface area contributed by atoms with E-state index in [1.54, 1.807) is 24.3 Å². The van der Waals surface area contributed by atoms with Gasteiger partial charge in [0, 0.05) is 76.0 Å². The van der Waals surface area contributed by atoms with Gasteiger partial charge in [-0.15, -0.1) is 0 Å². The number of hydrogen-bond donors (Lipinski definition) is 2. The van der Waals surface area contributed by atoms with Crippen molar-refractivity contribution in [2.75, 3.05) is 51.2 Å². The fourth-order valence-electron chi connectivity index (χ4n) is 2.40. The minimum absolute atomic E-state index is 0.190. The molecule has 2 rings (SSSR count). The topological polar surface area (TPSA) is 65.4 Å². The molecule has 0 aliphatic heterocycles. The number of nitrogens with zero attached hydrogens (tertiary/aromatic N) is 2. The highest BCUT2D eigenvalue weighted by molar-refractivity contribution is 5.55. The smallest absolute Gasteiger partial charge is 0.125 e. The number of phenols is 2. The molecule has 6 nitrogen and oxygen atoms in total. The normalized spacial score (nSPS) is 10.5. The van der Waals surface area contributed by atoms with Gasteiger partial charge in [0.15, 0.2) is 0 Å². The maximum atomic E-state index is 9.74. The predicted molar refractivity (Wildman–Crippen MR) is 105 cm³/mol. The van der Waals surface area contributed by atoms with Gasteiger partial charge in [0.2, 0.25) is 0 Å². The summed E-state index contributed by atoms with van der Waals surface area (Å²) in [7, 11) is 7.66. The zero-order chi connectivity index (χ0) is 19.1. The van der Waals surface area contributed by atoms with Gasteiger partial charge in [0.25, 0.3) is 0 Å². The fraction of sp³-hybridized carbons (Fsp3) is 0.400. The Balaban J connectivity index is 1.75. The Kier molecular flexibility index (Phi) is 6.83. The monoisotopic (exact) mass is 360 g/mol. The van der Waals surface area contributed by atoms with E-state index in [1.165, 1.54) is 0 Å². The molecule has 0 bridgehead atoms. The van der Waals surface area contributed by atoms with Gasteiger partial charge < -0.3 is 29.5 Å². The van der Waals surface area contributed by atoms with Crippen molar-refractivity contribution in [1.82, 2.24) is 0 Å². The molecule has 0 amide bonds. The zero-order valence-corrected chi connectivity index (χ0v) is 15.9. The van der Waals surface area contributed by atoms with Crippen LogP contribution in [-0.4, -0.2) is 51.6 Å². The Hall–Kier alpha value is -2.76. The SMILES string of the molecule is CN(C)c1cc(O)cc(OCCCCOc2cc(O)cc(N(C)C)c2)c1. The molecule has 0 aromatic heterocycles. The van der Waals surface area contributed by atoms with Gasteiger partial charge >= 0.3 is 0 Å². The van der Waals surface area contributed by atoms with E-state index in [1.807, 2.05) is 50.1 Å². The maximum absolute atomic E-state index is 9.74. The van der Waals surface area contributed by atoms with E-state index in [9.17, 15) is 10.2 Å². The van der Waals surface area contributed by atoms with Crippen molar-refractivity contribution < 1.29 is 19.7 Å². The number of phenolic OH excluding ortho intramolecular Hbond substituents is 2. The van der Waals surface area contributed by atoms with Gasteiger partial charge in [-0.1, -0.05) is 0 Å². The summed E-state index contributed by atoms with van der Waals surface area (Å²) in [6, 6.07) is 10.4. The van der Waals surface area contributed by atoms with Crippen LogP contribution in [-0.2, 0) is 0 Å². The summed E-state index contributed by atoms with van der Waals surface area (Å²) in [6.45, 7) is 1.09. The van der Waals surface area contributed by atoms with Crippen molar-refractivity contribution in [3.8, 4) is 23.0 Å². The molecule has 0 spiro atoms. The first-order valence-corrected chi connectivity index (χ1v) is 8.63. The van der Waals surface area contributed by atoms with Crippen LogP contribution in [0.4, 0.5) is 11.4 Å². The molecular weight excluding hydrogens is 332 g/mol. The molecule has 0 atom stereocenters. The second-order valence-electron chi connectivity index (χ2n) is 6.56. The first-order valence-electron chi connectivity index (χ1n) is 8.63. The van der Waals surface area contributed by atoms with Crippen LogP contribution in [0.15, 0.2) is 36.4 Å². The van der Waals surface area contributed by atoms with Crippen molar-refractivity contribution in [2.45, 2.75) is 12.8 Å². The molecule has 142 valence electrons. The van der Waals surface area contributed by atoms with Gasteiger partial charge in [-0.2, -0.15) is 0 Å². The van der Waals surface area contributed by atoms with Crippen molar-refractivity contribution in [3.63, 3.8) is 0 Å². The lowest BCUT2D eigenvalue weighted by atomic mass is 10.2. The highest BCUT2D eigenvalue weighted by atomic mass is 16.5. The molecule has 2 aromatic carbocycles. The van der Waals surface area contributed by atoms with Crippen LogP contribution in [0.3, 0.4) is 0 Å². The summed E-state index contributed by atoms with van der Waals surface area (Å²) in [5, 5.41) is 19.5. The molecule has 0 aliphatic carbocycles. The quantitative estimate of drug-likeness (QED) is 0.668. The summed E-state index contributed by atoms with van der Waals surface area (Å²) in [5.74, 6) is 1.68. The van der Waals surface area contributed by atoms with Crippen LogP contribution in [0.25, 0.3) is 0 Å². The summed E-state index contributed by atoms with van der Waals surface area (Å²) in [4.78, 5) is 3.83. The van der Waals surface area contributed by atoms with Crippen molar-refractivity contribution in [2.24, 2.45) is 0 Å². The van der Waals surface area contributed by atoms with Crippen LogP contribution in [0.5, 0.6) is 23.0 Å². The van der Waals surface area contributed by atoms with Crippen LogP contribution < -0.4 is 19.3 Å². The summed E-state index contributed by atoms with van der Waals surface area (Å²) < 4.78 is 11.4. The van der Waals surface area contributed by atoms with Crippen molar-refractivity contribution >= 4 is 11.4 Å². The molecule has 0 fully saturated rings. The highest BCUT2D eigenvalue weighted by Gasteiger charge is 2.05. The molecule has 2 N–H and O–H groups in total. The van der Waals surface area contributed by atoms with E-state index in [0.717, 1.165) is 24.2 Å². The van der Waals surface area contributed by atoms with E-state index in [4.69, 9.17) is 9.47 Å². The average Bonchev–Trinajstić information content (AvgIpc) is 2.57. The highest BCUT2D eigenvalue weighted by Crippen LogP contribution is 2.28. The third kappa shape index (κ3) is 5.95. The summed E-state index contributed by atoms with van der Waals surface area (Å²) in [5.41, 5.74) is 1.79. The first-order chi connectivity index (χ1) is 12.3. The zero-order valence-electron chi connectivity index (χ0n) is 15.9. The molecule has 0 heterocycles. The predicted octanol–water partition coefficient (Wildman–Crippen LogP) is 3.47. The molecule has 0 saturated carbocycles. The molecule has 0 aliphatic rings. The van der Waals surface area contributed by atoms with Crippen molar-refractivity contribution in [1.29, 1.82) is 0 Å². The number of unbranched alkanes of at least 4 members (excludes halogenated alkanes) is 1.